The molecule has 0 atom stereocenters. The van der Waals surface area contributed by atoms with Crippen LogP contribution in [0, 0.1) is 0 Å². The van der Waals surface area contributed by atoms with Crippen LogP contribution < -0.4 is 15.4 Å². The van der Waals surface area contributed by atoms with Crippen LogP contribution in [0.5, 0.6) is 5.75 Å². The maximum Gasteiger partial charge on any atom is 0.251 e. The van der Waals surface area contributed by atoms with E-state index in [1.54, 1.807) is 24.1 Å². The second-order valence-electron chi connectivity index (χ2n) is 11.2. The normalized spacial score (nSPS) is 14.7. The summed E-state index contributed by atoms with van der Waals surface area (Å²) in [6.45, 7) is 4.45. The molecule has 2 amide bonds. The van der Waals surface area contributed by atoms with Gasteiger partial charge in [-0.15, -0.1) is 0 Å². The highest BCUT2D eigenvalue weighted by Crippen LogP contribution is 2.40. The Morgan fingerprint density at radius 2 is 1.47 bits per heavy atom. The maximum absolute atomic E-state index is 12.3. The molecule has 2 fully saturated rings. The van der Waals surface area contributed by atoms with E-state index in [2.05, 4.69) is 29.7 Å². The van der Waals surface area contributed by atoms with Gasteiger partial charge in [0.05, 0.1) is 19.9 Å². The topological polar surface area (TPSA) is 108 Å². The van der Waals surface area contributed by atoms with Crippen LogP contribution in [0.25, 0.3) is 11.1 Å². The van der Waals surface area contributed by atoms with Crippen molar-refractivity contribution in [2.75, 3.05) is 59.7 Å². The van der Waals surface area contributed by atoms with Crippen molar-refractivity contribution in [1.29, 1.82) is 0 Å². The van der Waals surface area contributed by atoms with Crippen molar-refractivity contribution in [3.05, 3.63) is 90.0 Å². The molecule has 0 spiro atoms. The van der Waals surface area contributed by atoms with E-state index < -0.39 is 10.0 Å². The second-order valence-corrected chi connectivity index (χ2v) is 13.2. The average Bonchev–Trinajstić information content (AvgIpc) is 3.93. The van der Waals surface area contributed by atoms with Crippen molar-refractivity contribution in [1.82, 2.24) is 19.8 Å². The van der Waals surface area contributed by atoms with Gasteiger partial charge in [0.2, 0.25) is 15.9 Å². The largest absolute Gasteiger partial charge is 0.497 e. The number of sulfonamides is 1. The van der Waals surface area contributed by atoms with Gasteiger partial charge in [-0.2, -0.15) is 4.31 Å². The van der Waals surface area contributed by atoms with Crippen LogP contribution >= 0.6 is 0 Å². The lowest BCUT2D eigenvalue weighted by Gasteiger charge is -2.33. The first kappa shape index (κ1) is 35.7. The fourth-order valence-electron chi connectivity index (χ4n) is 4.73. The number of unbranched alkanes of at least 4 members (excludes halogenated alkanes) is 1. The number of nitrogens with one attached hydrogen (secondary N) is 2. The molecule has 9 nitrogen and oxygen atoms in total. The van der Waals surface area contributed by atoms with Crippen molar-refractivity contribution in [3.63, 3.8) is 0 Å². The summed E-state index contributed by atoms with van der Waals surface area (Å²) in [6.07, 6.45) is 6.49. The summed E-state index contributed by atoms with van der Waals surface area (Å²) >= 11 is 0. The Morgan fingerprint density at radius 3 is 1.96 bits per heavy atom. The van der Waals surface area contributed by atoms with Gasteiger partial charge < -0.3 is 20.3 Å². The van der Waals surface area contributed by atoms with E-state index in [0.717, 1.165) is 35.6 Å². The quantitative estimate of drug-likeness (QED) is 0.311. The minimum atomic E-state index is -3.23. The first-order valence-corrected chi connectivity index (χ1v) is 17.5. The van der Waals surface area contributed by atoms with Crippen LogP contribution in [0.1, 0.15) is 54.4 Å². The number of hydrogen-bond donors (Lipinski definition) is 2. The Balaban J connectivity index is 0.000000264. The molecule has 0 unspecified atom stereocenters. The zero-order valence-electron chi connectivity index (χ0n) is 27.0. The number of methoxy groups -OCH3 is 1. The van der Waals surface area contributed by atoms with Crippen molar-refractivity contribution >= 4 is 21.8 Å². The third kappa shape index (κ3) is 12.3. The molecule has 2 aliphatic rings. The molecule has 3 aromatic rings. The average molecular weight is 637 g/mol. The minimum absolute atomic E-state index is 0.113. The molecular weight excluding hydrogens is 588 g/mol. The molecule has 45 heavy (non-hydrogen) atoms. The van der Waals surface area contributed by atoms with Gasteiger partial charge >= 0.3 is 0 Å². The van der Waals surface area contributed by atoms with E-state index in [1.165, 1.54) is 35.6 Å². The number of amides is 2. The third-order valence-electron chi connectivity index (χ3n) is 7.66. The van der Waals surface area contributed by atoms with Crippen LogP contribution in [-0.2, 0) is 14.8 Å². The van der Waals surface area contributed by atoms with Crippen molar-refractivity contribution in [2.45, 2.75) is 38.5 Å². The second kappa shape index (κ2) is 18.3. The summed E-state index contributed by atoms with van der Waals surface area (Å²) in [7, 11) is 0.448. The molecule has 1 heterocycles. The first-order valence-electron chi connectivity index (χ1n) is 15.6. The van der Waals surface area contributed by atoms with E-state index in [1.807, 2.05) is 61.6 Å². The zero-order valence-corrected chi connectivity index (χ0v) is 27.8. The summed E-state index contributed by atoms with van der Waals surface area (Å²) in [5.74, 6) is 1.26. The van der Waals surface area contributed by atoms with Gasteiger partial charge in [-0.1, -0.05) is 67.9 Å². The lowest BCUT2D eigenvalue weighted by Crippen LogP contribution is -2.52. The van der Waals surface area contributed by atoms with Crippen molar-refractivity contribution < 1.29 is 22.7 Å². The molecular formula is C35H48N4O5S. The fraction of sp³-hybridized carbons (Fsp3) is 0.429. The Kier molecular flexibility index (Phi) is 14.5. The Bertz CT molecular complexity index is 1420. The van der Waals surface area contributed by atoms with Crippen molar-refractivity contribution in [3.8, 4) is 16.9 Å². The number of rotatable bonds is 10. The summed E-state index contributed by atoms with van der Waals surface area (Å²) in [5, 5.41) is 5.70. The first-order chi connectivity index (χ1) is 21.7. The molecule has 1 saturated carbocycles. The molecule has 1 aliphatic carbocycles. The molecule has 3 aromatic carbocycles. The summed E-state index contributed by atoms with van der Waals surface area (Å²) in [6, 6.07) is 25.5. The number of ether oxygens (including phenoxy) is 1. The molecule has 244 valence electrons. The lowest BCUT2D eigenvalue weighted by molar-refractivity contribution is -0.131. The minimum Gasteiger partial charge on any atom is -0.497 e. The van der Waals surface area contributed by atoms with E-state index in [9.17, 15) is 18.0 Å². The number of piperazine rings is 1. The van der Waals surface area contributed by atoms with Gasteiger partial charge in [0.1, 0.15) is 5.75 Å². The van der Waals surface area contributed by atoms with Crippen LogP contribution in [0.15, 0.2) is 78.9 Å². The van der Waals surface area contributed by atoms with Gasteiger partial charge in [-0.3, -0.25) is 9.59 Å². The number of nitrogens with zero attached hydrogens (tertiary/aromatic N) is 2. The number of carbonyl (C=O) groups is 2. The van der Waals surface area contributed by atoms with Gasteiger partial charge in [0, 0.05) is 31.7 Å². The monoisotopic (exact) mass is 636 g/mol. The Morgan fingerprint density at radius 1 is 0.867 bits per heavy atom. The summed E-state index contributed by atoms with van der Waals surface area (Å²) in [5.41, 5.74) is 4.02. The highest BCUT2D eigenvalue weighted by Gasteiger charge is 2.26. The number of carbonyl (C=O) groups excluding carboxylic acids is 2. The van der Waals surface area contributed by atoms with Gasteiger partial charge in [-0.25, -0.2) is 8.42 Å². The molecule has 0 radical (unpaired) electrons. The smallest absolute Gasteiger partial charge is 0.251 e. The Hall–Kier alpha value is -3.73. The predicted molar refractivity (Wildman–Crippen MR) is 181 cm³/mol. The van der Waals surface area contributed by atoms with Crippen LogP contribution in [0.3, 0.4) is 0 Å². The van der Waals surface area contributed by atoms with Crippen LogP contribution in [0.4, 0.5) is 0 Å². The van der Waals surface area contributed by atoms with E-state index in [-0.39, 0.29) is 31.4 Å². The summed E-state index contributed by atoms with van der Waals surface area (Å²) < 4.78 is 29.4. The molecule has 1 saturated heterocycles. The lowest BCUT2D eigenvalue weighted by atomic mass is 10.0. The molecule has 10 heteroatoms. The highest BCUT2D eigenvalue weighted by molar-refractivity contribution is 7.88. The fourth-order valence-corrected chi connectivity index (χ4v) is 5.56. The molecule has 1 aliphatic heterocycles. The van der Waals surface area contributed by atoms with Gasteiger partial charge in [0.15, 0.2) is 0 Å². The highest BCUT2D eigenvalue weighted by atomic mass is 32.2. The SMILES string of the molecule is CCCCNC.COc1ccc(C2CC2)cc1.CS(=O)(=O)N1CCN(C(=O)CNC(=O)c2ccc(-c3ccccc3)cc2)CC1. The van der Waals surface area contributed by atoms with Crippen molar-refractivity contribution in [2.24, 2.45) is 0 Å². The summed E-state index contributed by atoms with van der Waals surface area (Å²) in [4.78, 5) is 26.1. The van der Waals surface area contributed by atoms with Crippen LogP contribution in [0.2, 0.25) is 0 Å². The standard InChI is InChI=1S/C20H23N3O4S.C10H12O.C5H13N/c1-28(26,27)23-13-11-22(12-14-23)19(24)15-21-20(25)18-9-7-17(8-10-18)16-5-3-2-4-6-16;1-11-10-6-4-9(5-7-10)8-2-3-8;1-3-4-5-6-2/h2-10H,11-15H2,1H3,(H,21,25);4-8H,2-3H2,1H3;6H,3-5H2,1-2H3. The van der Waals surface area contributed by atoms with Gasteiger partial charge in [0.25, 0.3) is 5.91 Å². The number of hydrogen-bond acceptors (Lipinski definition) is 6. The Labute approximate surface area is 269 Å². The number of benzene rings is 3. The van der Waals surface area contributed by atoms with E-state index in [0.29, 0.717) is 18.7 Å². The van der Waals surface area contributed by atoms with E-state index >= 15 is 0 Å². The van der Waals surface area contributed by atoms with E-state index in [4.69, 9.17) is 4.74 Å². The van der Waals surface area contributed by atoms with Gasteiger partial charge in [-0.05, 0) is 79.7 Å². The molecule has 2 N–H and O–H groups in total. The molecule has 5 rings (SSSR count). The zero-order chi connectivity index (χ0) is 32.7. The molecule has 0 aromatic heterocycles. The molecule has 0 bridgehead atoms. The maximum atomic E-state index is 12.3. The van der Waals surface area contributed by atoms with Crippen LogP contribution in [-0.4, -0.2) is 89.1 Å². The third-order valence-corrected chi connectivity index (χ3v) is 8.96. The predicted octanol–water partition coefficient (Wildman–Crippen LogP) is 4.77.